The van der Waals surface area contributed by atoms with Gasteiger partial charge in [-0.15, -0.1) is 0 Å². The molecular weight excluding hydrogens is 300 g/mol. The Labute approximate surface area is 146 Å². The van der Waals surface area contributed by atoms with Gasteiger partial charge in [0.15, 0.2) is 0 Å². The molecule has 1 aromatic carbocycles. The van der Waals surface area contributed by atoms with E-state index >= 15 is 0 Å². The predicted octanol–water partition coefficient (Wildman–Crippen LogP) is 3.03. The first kappa shape index (κ1) is 17.7. The van der Waals surface area contributed by atoms with Gasteiger partial charge in [0.1, 0.15) is 5.75 Å². The molecule has 24 heavy (non-hydrogen) atoms. The zero-order chi connectivity index (χ0) is 17.0. The van der Waals surface area contributed by atoms with E-state index in [2.05, 4.69) is 28.0 Å². The molecule has 0 bridgehead atoms. The number of aliphatic hydroxyl groups is 1. The maximum Gasteiger partial charge on any atom is 0.123 e. The number of hydrogen-bond donors (Lipinski definition) is 1. The number of nitrogens with zero attached hydrogens (tertiary/aromatic N) is 2. The van der Waals surface area contributed by atoms with Crippen molar-refractivity contribution in [3.63, 3.8) is 0 Å². The van der Waals surface area contributed by atoms with Crippen molar-refractivity contribution >= 4 is 0 Å². The van der Waals surface area contributed by atoms with Crippen molar-refractivity contribution in [2.75, 3.05) is 33.3 Å². The number of hydrogen-bond acceptors (Lipinski definition) is 4. The van der Waals surface area contributed by atoms with Gasteiger partial charge in [-0.25, -0.2) is 0 Å². The van der Waals surface area contributed by atoms with Crippen LogP contribution in [0.2, 0.25) is 0 Å². The first-order chi connectivity index (χ1) is 11.6. The molecule has 1 atom stereocenters. The summed E-state index contributed by atoms with van der Waals surface area (Å²) in [5.41, 5.74) is 2.17. The molecule has 2 aliphatic heterocycles. The second-order valence-electron chi connectivity index (χ2n) is 7.76. The molecular formula is C20H32N2O2. The molecule has 0 spiro atoms. The van der Waals surface area contributed by atoms with Crippen LogP contribution in [0, 0.1) is 0 Å². The third kappa shape index (κ3) is 4.71. The maximum atomic E-state index is 10.3. The highest BCUT2D eigenvalue weighted by Crippen LogP contribution is 2.26. The van der Waals surface area contributed by atoms with Crippen LogP contribution in [-0.2, 0) is 13.1 Å². The molecule has 0 saturated carbocycles. The summed E-state index contributed by atoms with van der Waals surface area (Å²) in [4.78, 5) is 4.99. The summed E-state index contributed by atoms with van der Waals surface area (Å²) in [7, 11) is 1.76. The van der Waals surface area contributed by atoms with Crippen LogP contribution in [0.3, 0.4) is 0 Å². The maximum absolute atomic E-state index is 10.3. The summed E-state index contributed by atoms with van der Waals surface area (Å²) in [6.45, 7) is 8.38. The summed E-state index contributed by atoms with van der Waals surface area (Å²) in [5.74, 6) is 1.00. The minimum atomic E-state index is -0.491. The lowest BCUT2D eigenvalue weighted by Gasteiger charge is -2.23. The third-order valence-corrected chi connectivity index (χ3v) is 5.50. The second-order valence-corrected chi connectivity index (χ2v) is 7.76. The Balaban J connectivity index is 1.66. The highest BCUT2D eigenvalue weighted by Gasteiger charge is 2.25. The Morgan fingerprint density at radius 2 is 1.71 bits per heavy atom. The third-order valence-electron chi connectivity index (χ3n) is 5.50. The van der Waals surface area contributed by atoms with Gasteiger partial charge in [0.2, 0.25) is 0 Å². The van der Waals surface area contributed by atoms with E-state index < -0.39 is 5.60 Å². The summed E-state index contributed by atoms with van der Waals surface area (Å²) in [6.07, 6.45) is 5.48. The van der Waals surface area contributed by atoms with Gasteiger partial charge in [-0.3, -0.25) is 9.80 Å². The van der Waals surface area contributed by atoms with Crippen LogP contribution in [0.15, 0.2) is 18.2 Å². The van der Waals surface area contributed by atoms with Crippen LogP contribution >= 0.6 is 0 Å². The Hall–Kier alpha value is -1.10. The summed E-state index contributed by atoms with van der Waals surface area (Å²) in [5, 5.41) is 10.3. The molecule has 1 aromatic rings. The SMILES string of the molecule is COc1ccc(CN2CCC[C@](C)(O)CC2)cc1CN1CCCC1. The predicted molar refractivity (Wildman–Crippen MR) is 97.3 cm³/mol. The van der Waals surface area contributed by atoms with Crippen molar-refractivity contribution in [2.24, 2.45) is 0 Å². The van der Waals surface area contributed by atoms with Gasteiger partial charge in [0, 0.05) is 25.2 Å². The Kier molecular flexibility index (Phi) is 5.80. The smallest absolute Gasteiger partial charge is 0.123 e. The van der Waals surface area contributed by atoms with Gasteiger partial charge < -0.3 is 9.84 Å². The van der Waals surface area contributed by atoms with E-state index in [4.69, 9.17) is 4.74 Å². The molecule has 0 amide bonds. The molecule has 3 rings (SSSR count). The number of methoxy groups -OCH3 is 1. The topological polar surface area (TPSA) is 35.9 Å². The molecule has 4 heteroatoms. The van der Waals surface area contributed by atoms with Crippen LogP contribution in [0.5, 0.6) is 5.75 Å². The molecule has 0 aromatic heterocycles. The van der Waals surface area contributed by atoms with Crippen LogP contribution in [0.1, 0.15) is 50.2 Å². The van der Waals surface area contributed by atoms with E-state index in [0.29, 0.717) is 0 Å². The summed E-state index contributed by atoms with van der Waals surface area (Å²) < 4.78 is 5.57. The molecule has 1 N–H and O–H groups in total. The van der Waals surface area contributed by atoms with Crippen molar-refractivity contribution < 1.29 is 9.84 Å². The fraction of sp³-hybridized carbons (Fsp3) is 0.700. The molecule has 134 valence electrons. The van der Waals surface area contributed by atoms with E-state index in [1.165, 1.54) is 37.1 Å². The van der Waals surface area contributed by atoms with Gasteiger partial charge in [-0.2, -0.15) is 0 Å². The molecule has 0 unspecified atom stereocenters. The Bertz CT molecular complexity index is 538. The van der Waals surface area contributed by atoms with E-state index in [0.717, 1.165) is 51.2 Å². The molecule has 2 heterocycles. The van der Waals surface area contributed by atoms with E-state index in [1.807, 2.05) is 6.92 Å². The average molecular weight is 332 g/mol. The van der Waals surface area contributed by atoms with Crippen molar-refractivity contribution in [3.05, 3.63) is 29.3 Å². The number of ether oxygens (including phenoxy) is 1. The van der Waals surface area contributed by atoms with Gasteiger partial charge in [-0.1, -0.05) is 6.07 Å². The molecule has 4 nitrogen and oxygen atoms in total. The lowest BCUT2D eigenvalue weighted by Crippen LogP contribution is -2.28. The highest BCUT2D eigenvalue weighted by atomic mass is 16.5. The largest absolute Gasteiger partial charge is 0.496 e. The van der Waals surface area contributed by atoms with Crippen LogP contribution < -0.4 is 4.74 Å². The zero-order valence-corrected chi connectivity index (χ0v) is 15.3. The monoisotopic (exact) mass is 332 g/mol. The van der Waals surface area contributed by atoms with Gasteiger partial charge in [-0.05, 0) is 76.4 Å². The molecule has 2 saturated heterocycles. The number of benzene rings is 1. The van der Waals surface area contributed by atoms with Crippen LogP contribution in [-0.4, -0.2) is 53.8 Å². The fourth-order valence-corrected chi connectivity index (χ4v) is 3.97. The molecule has 0 radical (unpaired) electrons. The van der Waals surface area contributed by atoms with Crippen LogP contribution in [0.4, 0.5) is 0 Å². The lowest BCUT2D eigenvalue weighted by atomic mass is 9.98. The second kappa shape index (κ2) is 7.85. The van der Waals surface area contributed by atoms with Gasteiger partial charge >= 0.3 is 0 Å². The van der Waals surface area contributed by atoms with Crippen molar-refractivity contribution in [1.29, 1.82) is 0 Å². The van der Waals surface area contributed by atoms with Crippen molar-refractivity contribution in [2.45, 2.75) is 57.7 Å². The first-order valence-corrected chi connectivity index (χ1v) is 9.39. The van der Waals surface area contributed by atoms with Gasteiger partial charge in [0.25, 0.3) is 0 Å². The van der Waals surface area contributed by atoms with E-state index in [1.54, 1.807) is 7.11 Å². The van der Waals surface area contributed by atoms with Crippen molar-refractivity contribution in [1.82, 2.24) is 9.80 Å². The number of rotatable bonds is 5. The average Bonchev–Trinajstić information content (AvgIpc) is 2.99. The van der Waals surface area contributed by atoms with Crippen molar-refractivity contribution in [3.8, 4) is 5.75 Å². The highest BCUT2D eigenvalue weighted by molar-refractivity contribution is 5.37. The zero-order valence-electron chi connectivity index (χ0n) is 15.3. The molecule has 2 fully saturated rings. The van der Waals surface area contributed by atoms with Gasteiger partial charge in [0.05, 0.1) is 12.7 Å². The molecule has 0 aliphatic carbocycles. The quantitative estimate of drug-likeness (QED) is 0.899. The minimum Gasteiger partial charge on any atom is -0.496 e. The fourth-order valence-electron chi connectivity index (χ4n) is 3.97. The number of likely N-dealkylation sites (tertiary alicyclic amines) is 2. The van der Waals surface area contributed by atoms with E-state index in [9.17, 15) is 5.11 Å². The molecule has 2 aliphatic rings. The Morgan fingerprint density at radius 1 is 1.00 bits per heavy atom. The normalized spacial score (nSPS) is 26.5. The Morgan fingerprint density at radius 3 is 2.46 bits per heavy atom. The van der Waals surface area contributed by atoms with Crippen LogP contribution in [0.25, 0.3) is 0 Å². The standard InChI is InChI=1S/C20H32N2O2/c1-20(23)8-5-12-22(13-9-20)15-17-6-7-19(24-2)18(14-17)16-21-10-3-4-11-21/h6-7,14,23H,3-5,8-13,15-16H2,1-2H3/t20-/m0/s1. The summed E-state index contributed by atoms with van der Waals surface area (Å²) in [6, 6.07) is 6.63. The lowest BCUT2D eigenvalue weighted by molar-refractivity contribution is 0.0444. The summed E-state index contributed by atoms with van der Waals surface area (Å²) >= 11 is 0. The minimum absolute atomic E-state index is 0.491. The van der Waals surface area contributed by atoms with E-state index in [-0.39, 0.29) is 0 Å². The first-order valence-electron chi connectivity index (χ1n) is 9.39.